The van der Waals surface area contributed by atoms with E-state index in [1.807, 2.05) is 11.8 Å². The van der Waals surface area contributed by atoms with Gasteiger partial charge in [0.1, 0.15) is 0 Å². The van der Waals surface area contributed by atoms with Gasteiger partial charge in [-0.05, 0) is 19.6 Å². The molecule has 1 aliphatic heterocycles. The van der Waals surface area contributed by atoms with Crippen LogP contribution in [0.25, 0.3) is 0 Å². The van der Waals surface area contributed by atoms with Crippen LogP contribution in [0, 0.1) is 0 Å². The molecule has 1 saturated heterocycles. The zero-order valence-corrected chi connectivity index (χ0v) is 9.91. The Morgan fingerprint density at radius 2 is 2.31 bits per heavy atom. The van der Waals surface area contributed by atoms with Crippen molar-refractivity contribution in [3.63, 3.8) is 0 Å². The normalized spacial score (nSPS) is 30.7. The predicted molar refractivity (Wildman–Crippen MR) is 61.5 cm³/mol. The Labute approximate surface area is 86.5 Å². The highest BCUT2D eigenvalue weighted by Crippen LogP contribution is 2.20. The average molecular weight is 202 g/mol. The van der Waals surface area contributed by atoms with Gasteiger partial charge in [0.15, 0.2) is 0 Å². The third-order valence-corrected chi connectivity index (χ3v) is 3.75. The summed E-state index contributed by atoms with van der Waals surface area (Å²) in [5.74, 6) is 1.26. The van der Waals surface area contributed by atoms with E-state index in [2.05, 4.69) is 30.3 Å². The molecule has 0 spiro atoms. The van der Waals surface area contributed by atoms with Crippen molar-refractivity contribution in [2.45, 2.75) is 25.8 Å². The third kappa shape index (κ3) is 2.86. The van der Waals surface area contributed by atoms with E-state index in [-0.39, 0.29) is 0 Å². The molecule has 1 heterocycles. The second-order valence-corrected chi connectivity index (χ2v) is 4.99. The molecular weight excluding hydrogens is 180 g/mol. The molecule has 1 fully saturated rings. The molecule has 1 rings (SSSR count). The maximum atomic E-state index is 3.48. The third-order valence-electron chi connectivity index (χ3n) is 3.15. The standard InChI is InChI=1S/C10H22N2S/c1-4-10(2)9-11-5-6-12(10)7-8-13-3/h11H,4-9H2,1-3H3. The van der Waals surface area contributed by atoms with Gasteiger partial charge in [-0.15, -0.1) is 0 Å². The highest BCUT2D eigenvalue weighted by molar-refractivity contribution is 7.98. The van der Waals surface area contributed by atoms with Crippen LogP contribution in [0.5, 0.6) is 0 Å². The Morgan fingerprint density at radius 1 is 1.54 bits per heavy atom. The highest BCUT2D eigenvalue weighted by atomic mass is 32.2. The molecule has 0 saturated carbocycles. The fourth-order valence-electron chi connectivity index (χ4n) is 1.89. The SMILES string of the molecule is CCC1(C)CNCCN1CCSC. The quantitative estimate of drug-likeness (QED) is 0.742. The van der Waals surface area contributed by atoms with Crippen LogP contribution in [-0.2, 0) is 0 Å². The maximum Gasteiger partial charge on any atom is 0.0304 e. The summed E-state index contributed by atoms with van der Waals surface area (Å²) in [5, 5.41) is 3.48. The van der Waals surface area contributed by atoms with E-state index in [1.165, 1.54) is 25.3 Å². The summed E-state index contributed by atoms with van der Waals surface area (Å²) in [6.45, 7) is 9.43. The molecule has 1 unspecified atom stereocenters. The van der Waals surface area contributed by atoms with Gasteiger partial charge in [0.05, 0.1) is 0 Å². The fraction of sp³-hybridized carbons (Fsp3) is 1.00. The molecule has 0 amide bonds. The second kappa shape index (κ2) is 5.23. The second-order valence-electron chi connectivity index (χ2n) is 4.01. The maximum absolute atomic E-state index is 3.48. The van der Waals surface area contributed by atoms with Gasteiger partial charge in [-0.25, -0.2) is 0 Å². The number of piperazine rings is 1. The lowest BCUT2D eigenvalue weighted by Gasteiger charge is -2.45. The Balaban J connectivity index is 2.46. The Morgan fingerprint density at radius 3 is 2.92 bits per heavy atom. The molecule has 1 aliphatic rings. The van der Waals surface area contributed by atoms with Crippen LogP contribution < -0.4 is 5.32 Å². The number of rotatable bonds is 4. The van der Waals surface area contributed by atoms with E-state index < -0.39 is 0 Å². The Kier molecular flexibility index (Phi) is 4.56. The fourth-order valence-corrected chi connectivity index (χ4v) is 2.29. The molecule has 0 bridgehead atoms. The lowest BCUT2D eigenvalue weighted by Crippen LogP contribution is -2.59. The van der Waals surface area contributed by atoms with Gasteiger partial charge in [0, 0.05) is 37.5 Å². The van der Waals surface area contributed by atoms with Gasteiger partial charge in [0.2, 0.25) is 0 Å². The van der Waals surface area contributed by atoms with Gasteiger partial charge in [-0.3, -0.25) is 4.90 Å². The molecule has 0 aromatic carbocycles. The largest absolute Gasteiger partial charge is 0.314 e. The van der Waals surface area contributed by atoms with Crippen molar-refractivity contribution in [2.24, 2.45) is 0 Å². The number of hydrogen-bond acceptors (Lipinski definition) is 3. The number of thioether (sulfide) groups is 1. The topological polar surface area (TPSA) is 15.3 Å². The van der Waals surface area contributed by atoms with Crippen molar-refractivity contribution >= 4 is 11.8 Å². The zero-order chi connectivity index (χ0) is 9.73. The molecular formula is C10H22N2S. The van der Waals surface area contributed by atoms with Crippen LogP contribution >= 0.6 is 11.8 Å². The Bertz CT molecular complexity index is 152. The lowest BCUT2D eigenvalue weighted by molar-refractivity contribution is 0.0787. The van der Waals surface area contributed by atoms with Crippen molar-refractivity contribution in [1.82, 2.24) is 10.2 Å². The molecule has 78 valence electrons. The summed E-state index contributed by atoms with van der Waals surface area (Å²) >= 11 is 1.94. The molecule has 13 heavy (non-hydrogen) atoms. The number of nitrogens with one attached hydrogen (secondary N) is 1. The first-order chi connectivity index (χ1) is 6.23. The van der Waals surface area contributed by atoms with E-state index in [9.17, 15) is 0 Å². The minimum absolute atomic E-state index is 0.397. The van der Waals surface area contributed by atoms with Crippen molar-refractivity contribution < 1.29 is 0 Å². The van der Waals surface area contributed by atoms with Gasteiger partial charge in [0.25, 0.3) is 0 Å². The minimum Gasteiger partial charge on any atom is -0.314 e. The van der Waals surface area contributed by atoms with E-state index in [0.717, 1.165) is 13.1 Å². The van der Waals surface area contributed by atoms with Gasteiger partial charge >= 0.3 is 0 Å². The molecule has 0 aromatic rings. The van der Waals surface area contributed by atoms with Crippen LogP contribution in [0.4, 0.5) is 0 Å². The average Bonchev–Trinajstić information content (AvgIpc) is 2.17. The number of nitrogens with zero attached hydrogens (tertiary/aromatic N) is 1. The summed E-state index contributed by atoms with van der Waals surface area (Å²) in [6.07, 6.45) is 3.43. The molecule has 2 nitrogen and oxygen atoms in total. The molecule has 1 N–H and O–H groups in total. The summed E-state index contributed by atoms with van der Waals surface area (Å²) in [6, 6.07) is 0. The molecule has 1 atom stereocenters. The van der Waals surface area contributed by atoms with E-state index in [4.69, 9.17) is 0 Å². The first-order valence-electron chi connectivity index (χ1n) is 5.17. The first kappa shape index (κ1) is 11.3. The summed E-state index contributed by atoms with van der Waals surface area (Å²) < 4.78 is 0. The molecule has 3 heteroatoms. The van der Waals surface area contributed by atoms with Crippen molar-refractivity contribution in [3.05, 3.63) is 0 Å². The predicted octanol–water partition coefficient (Wildman–Crippen LogP) is 1.42. The smallest absolute Gasteiger partial charge is 0.0304 e. The van der Waals surface area contributed by atoms with Gasteiger partial charge < -0.3 is 5.32 Å². The van der Waals surface area contributed by atoms with Crippen molar-refractivity contribution in [3.8, 4) is 0 Å². The zero-order valence-electron chi connectivity index (χ0n) is 9.10. The first-order valence-corrected chi connectivity index (χ1v) is 6.57. The summed E-state index contributed by atoms with van der Waals surface area (Å²) in [4.78, 5) is 2.64. The van der Waals surface area contributed by atoms with Crippen LogP contribution in [0.2, 0.25) is 0 Å². The minimum atomic E-state index is 0.397. The lowest BCUT2D eigenvalue weighted by atomic mass is 9.94. The van der Waals surface area contributed by atoms with E-state index in [1.54, 1.807) is 0 Å². The van der Waals surface area contributed by atoms with E-state index >= 15 is 0 Å². The van der Waals surface area contributed by atoms with Crippen molar-refractivity contribution in [1.29, 1.82) is 0 Å². The monoisotopic (exact) mass is 202 g/mol. The van der Waals surface area contributed by atoms with Crippen LogP contribution in [-0.4, -0.2) is 48.6 Å². The molecule has 0 aliphatic carbocycles. The summed E-state index contributed by atoms with van der Waals surface area (Å²) in [5.41, 5.74) is 0.397. The van der Waals surface area contributed by atoms with Crippen LogP contribution in [0.1, 0.15) is 20.3 Å². The Hall–Kier alpha value is 0.270. The van der Waals surface area contributed by atoms with Crippen molar-refractivity contribution in [2.75, 3.05) is 38.2 Å². The molecule has 0 radical (unpaired) electrons. The van der Waals surface area contributed by atoms with E-state index in [0.29, 0.717) is 5.54 Å². The van der Waals surface area contributed by atoms with Crippen LogP contribution in [0.15, 0.2) is 0 Å². The van der Waals surface area contributed by atoms with Gasteiger partial charge in [-0.2, -0.15) is 11.8 Å². The highest BCUT2D eigenvalue weighted by Gasteiger charge is 2.31. The molecule has 0 aromatic heterocycles. The van der Waals surface area contributed by atoms with Gasteiger partial charge in [-0.1, -0.05) is 6.92 Å². The van der Waals surface area contributed by atoms with Crippen LogP contribution in [0.3, 0.4) is 0 Å². The number of hydrogen-bond donors (Lipinski definition) is 1. The summed E-state index contributed by atoms with van der Waals surface area (Å²) in [7, 11) is 0.